The second-order valence-corrected chi connectivity index (χ2v) is 4.92. The van der Waals surface area contributed by atoms with Gasteiger partial charge in [0.2, 0.25) is 0 Å². The van der Waals surface area contributed by atoms with Crippen molar-refractivity contribution in [3.63, 3.8) is 0 Å². The van der Waals surface area contributed by atoms with Gasteiger partial charge in [-0.3, -0.25) is 0 Å². The van der Waals surface area contributed by atoms with E-state index in [2.05, 4.69) is 11.4 Å². The molecule has 1 heterocycles. The molecule has 3 nitrogen and oxygen atoms in total. The maximum absolute atomic E-state index is 8.81. The summed E-state index contributed by atoms with van der Waals surface area (Å²) in [5.74, 6) is 0. The topological polar surface area (TPSA) is 45.0 Å². The Labute approximate surface area is 109 Å². The number of nitrogens with zero attached hydrogens (tertiary/aromatic N) is 1. The minimum Gasteiger partial charge on any atom is -0.375 e. The zero-order valence-electron chi connectivity index (χ0n) is 10.9. The summed E-state index contributed by atoms with van der Waals surface area (Å²) in [7, 11) is 0. The third-order valence-electron chi connectivity index (χ3n) is 3.46. The van der Waals surface area contributed by atoms with Gasteiger partial charge in [-0.1, -0.05) is 12.5 Å². The van der Waals surface area contributed by atoms with Crippen molar-refractivity contribution in [3.8, 4) is 6.07 Å². The molecule has 2 rings (SSSR count). The molecule has 0 bridgehead atoms. The lowest BCUT2D eigenvalue weighted by Gasteiger charge is -2.23. The predicted octanol–water partition coefficient (Wildman–Crippen LogP) is 2.53. The van der Waals surface area contributed by atoms with Crippen LogP contribution in [-0.2, 0) is 11.3 Å². The standard InChI is InChI=1S/C15H20N2O/c1-12-8-13(9-16)5-6-14(12)10-18-11-15-4-2-3-7-17-15/h5-6,8,15,17H,2-4,7,10-11H2,1H3. The molecule has 0 saturated carbocycles. The minimum absolute atomic E-state index is 0.512. The molecule has 1 fully saturated rings. The molecule has 0 aromatic heterocycles. The van der Waals surface area contributed by atoms with Crippen molar-refractivity contribution >= 4 is 0 Å². The molecular formula is C15H20N2O. The number of rotatable bonds is 4. The fourth-order valence-electron chi connectivity index (χ4n) is 2.30. The quantitative estimate of drug-likeness (QED) is 0.885. The number of ether oxygens (including phenoxy) is 1. The first-order valence-electron chi connectivity index (χ1n) is 6.60. The Hall–Kier alpha value is -1.37. The van der Waals surface area contributed by atoms with Gasteiger partial charge in [0.15, 0.2) is 0 Å². The number of nitriles is 1. The van der Waals surface area contributed by atoms with Crippen LogP contribution < -0.4 is 5.32 Å². The largest absolute Gasteiger partial charge is 0.375 e. The van der Waals surface area contributed by atoms with E-state index in [4.69, 9.17) is 10.00 Å². The van der Waals surface area contributed by atoms with Crippen LogP contribution in [0.3, 0.4) is 0 Å². The molecule has 96 valence electrons. The van der Waals surface area contributed by atoms with E-state index in [0.29, 0.717) is 18.2 Å². The van der Waals surface area contributed by atoms with Crippen LogP contribution in [0.5, 0.6) is 0 Å². The summed E-state index contributed by atoms with van der Waals surface area (Å²) in [4.78, 5) is 0. The van der Waals surface area contributed by atoms with Gasteiger partial charge in [-0.15, -0.1) is 0 Å². The van der Waals surface area contributed by atoms with Gasteiger partial charge in [0.25, 0.3) is 0 Å². The van der Waals surface area contributed by atoms with Gasteiger partial charge in [0.1, 0.15) is 0 Å². The lowest BCUT2D eigenvalue weighted by molar-refractivity contribution is 0.0908. The fraction of sp³-hybridized carbons (Fsp3) is 0.533. The molecule has 1 aromatic rings. The van der Waals surface area contributed by atoms with Crippen LogP contribution in [0, 0.1) is 18.3 Å². The molecule has 0 aliphatic carbocycles. The van der Waals surface area contributed by atoms with Gasteiger partial charge in [-0.05, 0) is 49.6 Å². The zero-order valence-corrected chi connectivity index (χ0v) is 10.9. The summed E-state index contributed by atoms with van der Waals surface area (Å²) in [6, 6.07) is 8.42. The first kappa shape index (κ1) is 13.1. The SMILES string of the molecule is Cc1cc(C#N)ccc1COCC1CCCCN1. The van der Waals surface area contributed by atoms with E-state index in [-0.39, 0.29) is 0 Å². The molecule has 1 saturated heterocycles. The van der Waals surface area contributed by atoms with E-state index in [0.717, 1.165) is 18.7 Å². The normalized spacial score (nSPS) is 19.4. The molecule has 1 aliphatic heterocycles. The number of nitrogens with one attached hydrogen (secondary N) is 1. The number of piperidine rings is 1. The Morgan fingerprint density at radius 1 is 1.44 bits per heavy atom. The Morgan fingerprint density at radius 2 is 2.33 bits per heavy atom. The molecule has 1 aliphatic rings. The van der Waals surface area contributed by atoms with Gasteiger partial charge in [0.05, 0.1) is 24.8 Å². The summed E-state index contributed by atoms with van der Waals surface area (Å²) in [6.07, 6.45) is 3.80. The van der Waals surface area contributed by atoms with E-state index in [1.165, 1.54) is 24.8 Å². The van der Waals surface area contributed by atoms with E-state index in [9.17, 15) is 0 Å². The highest BCUT2D eigenvalue weighted by Crippen LogP contribution is 2.13. The first-order valence-corrected chi connectivity index (χ1v) is 6.60. The number of hydrogen-bond acceptors (Lipinski definition) is 3. The van der Waals surface area contributed by atoms with Gasteiger partial charge >= 0.3 is 0 Å². The van der Waals surface area contributed by atoms with Crippen molar-refractivity contribution < 1.29 is 4.74 Å². The number of hydrogen-bond donors (Lipinski definition) is 1. The highest BCUT2D eigenvalue weighted by molar-refractivity contribution is 5.37. The Balaban J connectivity index is 1.81. The molecule has 0 radical (unpaired) electrons. The minimum atomic E-state index is 0.512. The fourth-order valence-corrected chi connectivity index (χ4v) is 2.30. The van der Waals surface area contributed by atoms with Crippen molar-refractivity contribution in [2.45, 2.75) is 38.8 Å². The van der Waals surface area contributed by atoms with Crippen LogP contribution >= 0.6 is 0 Å². The molecule has 1 aromatic carbocycles. The monoisotopic (exact) mass is 244 g/mol. The maximum atomic E-state index is 8.81. The van der Waals surface area contributed by atoms with Gasteiger partial charge in [-0.2, -0.15) is 5.26 Å². The van der Waals surface area contributed by atoms with Crippen LogP contribution in [0.4, 0.5) is 0 Å². The van der Waals surface area contributed by atoms with Crippen LogP contribution in [0.1, 0.15) is 36.0 Å². The Morgan fingerprint density at radius 3 is 3.00 bits per heavy atom. The highest BCUT2D eigenvalue weighted by Gasteiger charge is 2.12. The number of aryl methyl sites for hydroxylation is 1. The van der Waals surface area contributed by atoms with Crippen molar-refractivity contribution in [1.82, 2.24) is 5.32 Å². The second kappa shape index (κ2) is 6.53. The molecule has 1 unspecified atom stereocenters. The highest BCUT2D eigenvalue weighted by atomic mass is 16.5. The summed E-state index contributed by atoms with van der Waals surface area (Å²) in [5, 5.41) is 12.3. The van der Waals surface area contributed by atoms with Crippen molar-refractivity contribution in [1.29, 1.82) is 5.26 Å². The zero-order chi connectivity index (χ0) is 12.8. The average Bonchev–Trinajstić information content (AvgIpc) is 2.42. The van der Waals surface area contributed by atoms with Crippen LogP contribution in [-0.4, -0.2) is 19.2 Å². The third-order valence-corrected chi connectivity index (χ3v) is 3.46. The summed E-state index contributed by atoms with van der Waals surface area (Å²) in [5.41, 5.74) is 3.01. The summed E-state index contributed by atoms with van der Waals surface area (Å²) in [6.45, 7) is 4.55. The molecule has 1 atom stereocenters. The Kier molecular flexibility index (Phi) is 4.74. The van der Waals surface area contributed by atoms with Gasteiger partial charge < -0.3 is 10.1 Å². The van der Waals surface area contributed by atoms with Crippen molar-refractivity contribution in [3.05, 3.63) is 34.9 Å². The predicted molar refractivity (Wildman–Crippen MR) is 71.2 cm³/mol. The van der Waals surface area contributed by atoms with Crippen LogP contribution in [0.2, 0.25) is 0 Å². The van der Waals surface area contributed by atoms with E-state index >= 15 is 0 Å². The van der Waals surface area contributed by atoms with E-state index < -0.39 is 0 Å². The lowest BCUT2D eigenvalue weighted by atomic mass is 10.1. The van der Waals surface area contributed by atoms with Gasteiger partial charge in [0, 0.05) is 6.04 Å². The first-order chi connectivity index (χ1) is 8.79. The van der Waals surface area contributed by atoms with Crippen LogP contribution in [0.25, 0.3) is 0 Å². The van der Waals surface area contributed by atoms with E-state index in [1.54, 1.807) is 0 Å². The van der Waals surface area contributed by atoms with Crippen molar-refractivity contribution in [2.24, 2.45) is 0 Å². The molecule has 0 spiro atoms. The average molecular weight is 244 g/mol. The van der Waals surface area contributed by atoms with Crippen LogP contribution in [0.15, 0.2) is 18.2 Å². The second-order valence-electron chi connectivity index (χ2n) is 4.92. The third kappa shape index (κ3) is 3.56. The molecule has 0 amide bonds. The van der Waals surface area contributed by atoms with Crippen molar-refractivity contribution in [2.75, 3.05) is 13.2 Å². The molecular weight excluding hydrogens is 224 g/mol. The lowest BCUT2D eigenvalue weighted by Crippen LogP contribution is -2.37. The molecule has 18 heavy (non-hydrogen) atoms. The Bertz CT molecular complexity index is 431. The van der Waals surface area contributed by atoms with E-state index in [1.807, 2.05) is 25.1 Å². The summed E-state index contributed by atoms with van der Waals surface area (Å²) >= 11 is 0. The van der Waals surface area contributed by atoms with Gasteiger partial charge in [-0.25, -0.2) is 0 Å². The smallest absolute Gasteiger partial charge is 0.0991 e. The molecule has 3 heteroatoms. The maximum Gasteiger partial charge on any atom is 0.0991 e. The number of benzene rings is 1. The molecule has 1 N–H and O–H groups in total. The summed E-state index contributed by atoms with van der Waals surface area (Å²) < 4.78 is 5.77.